The Labute approximate surface area is 113 Å². The monoisotopic (exact) mass is 254 g/mol. The first kappa shape index (κ1) is 16.0. The van der Waals surface area contributed by atoms with Crippen LogP contribution in [0.1, 0.15) is 77.0 Å². The molecule has 0 heterocycles. The van der Waals surface area contributed by atoms with E-state index in [1.54, 1.807) is 0 Å². The lowest BCUT2D eigenvalue weighted by atomic mass is 9.95. The fourth-order valence-corrected chi connectivity index (χ4v) is 2.61. The minimum absolute atomic E-state index is 0.317. The Morgan fingerprint density at radius 3 is 2.00 bits per heavy atom. The van der Waals surface area contributed by atoms with E-state index < -0.39 is 0 Å². The fraction of sp³-hybridized carbons (Fsp3) is 0.938. The highest BCUT2D eigenvalue weighted by molar-refractivity contribution is 4.71. The van der Waals surface area contributed by atoms with Gasteiger partial charge in [0.05, 0.1) is 12.2 Å². The van der Waals surface area contributed by atoms with Gasteiger partial charge in [-0.1, -0.05) is 51.9 Å². The van der Waals surface area contributed by atoms with E-state index in [1.165, 1.54) is 44.9 Å². The minimum Gasteiger partial charge on any atom is -0.378 e. The standard InChI is InChI=1S/C16H30O2/c1-2-3-4-5-6-7-8-9-14-18-16-12-10-15(17)11-13-16/h15-16H,1-14H2. The van der Waals surface area contributed by atoms with Gasteiger partial charge in [0.25, 0.3) is 0 Å². The van der Waals surface area contributed by atoms with Gasteiger partial charge >= 0.3 is 0 Å². The molecule has 0 amide bonds. The first-order valence-electron chi connectivity index (χ1n) is 7.89. The zero-order valence-electron chi connectivity index (χ0n) is 11.9. The van der Waals surface area contributed by atoms with E-state index >= 15 is 0 Å². The molecule has 1 aliphatic rings. The molecule has 1 fully saturated rings. The van der Waals surface area contributed by atoms with Gasteiger partial charge < -0.3 is 4.74 Å². The normalized spacial score (nSPS) is 24.3. The molecule has 18 heavy (non-hydrogen) atoms. The molecule has 0 saturated heterocycles. The van der Waals surface area contributed by atoms with E-state index in [4.69, 9.17) is 4.74 Å². The summed E-state index contributed by atoms with van der Waals surface area (Å²) in [5.74, 6) is 0. The molecule has 2 heteroatoms. The van der Waals surface area contributed by atoms with Crippen LogP contribution in [0.15, 0.2) is 0 Å². The van der Waals surface area contributed by atoms with Crippen molar-refractivity contribution >= 4 is 0 Å². The van der Waals surface area contributed by atoms with Crippen molar-refractivity contribution in [2.75, 3.05) is 6.61 Å². The Morgan fingerprint density at radius 2 is 1.39 bits per heavy atom. The Morgan fingerprint density at radius 1 is 0.833 bits per heavy atom. The highest BCUT2D eigenvalue weighted by atomic mass is 16.5. The number of hydrogen-bond acceptors (Lipinski definition) is 1. The maximum atomic E-state index is 11.2. The summed E-state index contributed by atoms with van der Waals surface area (Å²) in [4.78, 5) is 0. The third-order valence-electron chi connectivity index (χ3n) is 3.87. The van der Waals surface area contributed by atoms with Crippen molar-refractivity contribution in [3.63, 3.8) is 0 Å². The second-order valence-corrected chi connectivity index (χ2v) is 5.60. The van der Waals surface area contributed by atoms with Gasteiger partial charge in [0.15, 0.2) is 0 Å². The Bertz CT molecular complexity index is 174. The smallest absolute Gasteiger partial charge is 0.0932 e. The van der Waals surface area contributed by atoms with Crippen LogP contribution >= 0.6 is 0 Å². The first-order valence-corrected chi connectivity index (χ1v) is 7.89. The van der Waals surface area contributed by atoms with Gasteiger partial charge in [0, 0.05) is 6.61 Å². The molecule has 1 saturated carbocycles. The topological polar surface area (TPSA) is 29.1 Å². The molecule has 0 aromatic rings. The van der Waals surface area contributed by atoms with Crippen LogP contribution in [0.5, 0.6) is 0 Å². The van der Waals surface area contributed by atoms with Crippen LogP contribution in [0, 0.1) is 6.92 Å². The van der Waals surface area contributed by atoms with Gasteiger partial charge in [-0.25, -0.2) is 5.11 Å². The predicted molar refractivity (Wildman–Crippen MR) is 75.0 cm³/mol. The summed E-state index contributed by atoms with van der Waals surface area (Å²) in [5, 5.41) is 11.2. The van der Waals surface area contributed by atoms with Gasteiger partial charge in [-0.15, -0.1) is 0 Å². The molecule has 0 atom stereocenters. The summed E-state index contributed by atoms with van der Waals surface area (Å²) in [7, 11) is 0. The average Bonchev–Trinajstić information content (AvgIpc) is 2.39. The van der Waals surface area contributed by atoms with E-state index in [-0.39, 0.29) is 6.10 Å². The molecule has 0 unspecified atom stereocenters. The summed E-state index contributed by atoms with van der Waals surface area (Å²) in [6.07, 6.45) is 13.9. The summed E-state index contributed by atoms with van der Waals surface area (Å²) in [6.45, 7) is 4.75. The zero-order valence-corrected chi connectivity index (χ0v) is 11.9. The van der Waals surface area contributed by atoms with Crippen LogP contribution in [0.4, 0.5) is 0 Å². The van der Waals surface area contributed by atoms with E-state index in [0.29, 0.717) is 6.10 Å². The summed E-state index contributed by atoms with van der Waals surface area (Å²) >= 11 is 0. The van der Waals surface area contributed by atoms with Crippen LogP contribution < -0.4 is 0 Å². The van der Waals surface area contributed by atoms with Gasteiger partial charge in [-0.2, -0.15) is 0 Å². The second-order valence-electron chi connectivity index (χ2n) is 5.60. The van der Waals surface area contributed by atoms with Gasteiger partial charge in [-0.05, 0) is 32.1 Å². The van der Waals surface area contributed by atoms with Crippen LogP contribution in [0.2, 0.25) is 0 Å². The van der Waals surface area contributed by atoms with E-state index in [0.717, 1.165) is 38.7 Å². The molecule has 0 N–H and O–H groups in total. The molecule has 2 nitrogen and oxygen atoms in total. The molecule has 2 radical (unpaired) electrons. The van der Waals surface area contributed by atoms with Crippen molar-refractivity contribution in [2.45, 2.75) is 89.3 Å². The molecule has 0 bridgehead atoms. The minimum atomic E-state index is -0.317. The largest absolute Gasteiger partial charge is 0.378 e. The first-order chi connectivity index (χ1) is 8.83. The molecule has 1 aliphatic carbocycles. The second kappa shape index (κ2) is 10.8. The molecular formula is C16H30O2. The summed E-state index contributed by atoms with van der Waals surface area (Å²) in [6, 6.07) is 0. The third kappa shape index (κ3) is 8.10. The van der Waals surface area contributed by atoms with Crippen LogP contribution in [0.3, 0.4) is 0 Å². The van der Waals surface area contributed by atoms with Crippen molar-refractivity contribution in [3.8, 4) is 0 Å². The fourth-order valence-electron chi connectivity index (χ4n) is 2.61. The van der Waals surface area contributed by atoms with Crippen molar-refractivity contribution in [1.82, 2.24) is 0 Å². The van der Waals surface area contributed by atoms with Gasteiger partial charge in [0.1, 0.15) is 0 Å². The van der Waals surface area contributed by atoms with Gasteiger partial charge in [0.2, 0.25) is 0 Å². The number of ether oxygens (including phenoxy) is 1. The van der Waals surface area contributed by atoms with Crippen LogP contribution in [-0.2, 0) is 9.84 Å². The highest BCUT2D eigenvalue weighted by Crippen LogP contribution is 2.21. The third-order valence-corrected chi connectivity index (χ3v) is 3.87. The Balaban J connectivity index is 1.78. The predicted octanol–water partition coefficient (Wildman–Crippen LogP) is 4.70. The number of rotatable bonds is 10. The molecule has 1 rings (SSSR count). The lowest BCUT2D eigenvalue weighted by Gasteiger charge is -2.24. The van der Waals surface area contributed by atoms with Crippen LogP contribution in [0.25, 0.3) is 0 Å². The molecule has 0 aliphatic heterocycles. The Hall–Kier alpha value is -0.0800. The van der Waals surface area contributed by atoms with Crippen molar-refractivity contribution < 1.29 is 9.84 Å². The summed E-state index contributed by atoms with van der Waals surface area (Å²) < 4.78 is 5.83. The van der Waals surface area contributed by atoms with E-state index in [2.05, 4.69) is 6.92 Å². The van der Waals surface area contributed by atoms with Crippen molar-refractivity contribution in [1.29, 1.82) is 0 Å². The number of hydrogen-bond donors (Lipinski definition) is 0. The lowest BCUT2D eigenvalue weighted by molar-refractivity contribution is -0.0244. The van der Waals surface area contributed by atoms with Crippen LogP contribution in [-0.4, -0.2) is 18.8 Å². The van der Waals surface area contributed by atoms with Crippen molar-refractivity contribution in [2.24, 2.45) is 0 Å². The van der Waals surface area contributed by atoms with Crippen molar-refractivity contribution in [3.05, 3.63) is 6.92 Å². The maximum Gasteiger partial charge on any atom is 0.0932 e. The number of unbranched alkanes of at least 4 members (excludes halogenated alkanes) is 7. The zero-order chi connectivity index (χ0) is 13.1. The molecule has 0 aromatic heterocycles. The molecule has 0 aromatic carbocycles. The maximum absolute atomic E-state index is 11.2. The molecule has 106 valence electrons. The van der Waals surface area contributed by atoms with E-state index in [9.17, 15) is 5.11 Å². The molecular weight excluding hydrogens is 224 g/mol. The SMILES string of the molecule is [CH2]CCCCCCCCCOC1CCC([O])CC1. The summed E-state index contributed by atoms with van der Waals surface area (Å²) in [5.41, 5.74) is 0. The van der Waals surface area contributed by atoms with Gasteiger partial charge in [-0.3, -0.25) is 0 Å². The lowest BCUT2D eigenvalue weighted by Crippen LogP contribution is -2.23. The quantitative estimate of drug-likeness (QED) is 0.519. The molecule has 0 spiro atoms. The Kier molecular flexibility index (Phi) is 9.59. The average molecular weight is 254 g/mol. The highest BCUT2D eigenvalue weighted by Gasteiger charge is 2.20. The van der Waals surface area contributed by atoms with E-state index in [1.807, 2.05) is 0 Å².